The lowest BCUT2D eigenvalue weighted by Crippen LogP contribution is -2.29. The highest BCUT2D eigenvalue weighted by Gasteiger charge is 2.27. The lowest BCUT2D eigenvalue weighted by atomic mass is 10.2. The molecule has 0 saturated carbocycles. The van der Waals surface area contributed by atoms with Crippen molar-refractivity contribution in [3.8, 4) is 5.75 Å². The van der Waals surface area contributed by atoms with Crippen LogP contribution in [0.5, 0.6) is 5.75 Å². The van der Waals surface area contributed by atoms with Gasteiger partial charge in [-0.2, -0.15) is 4.31 Å². The van der Waals surface area contributed by atoms with Crippen LogP contribution in [0.25, 0.3) is 10.9 Å². The Hall–Kier alpha value is -2.97. The van der Waals surface area contributed by atoms with Crippen LogP contribution in [-0.4, -0.2) is 49.9 Å². The Morgan fingerprint density at radius 1 is 1.06 bits per heavy atom. The topological polar surface area (TPSA) is 88.6 Å². The third-order valence-electron chi connectivity index (χ3n) is 5.26. The fourth-order valence-corrected chi connectivity index (χ4v) is 5.19. The fraction of sp³-hybridized carbons (Fsp3) is 0.304. The predicted octanol–water partition coefficient (Wildman–Crippen LogP) is 3.22. The van der Waals surface area contributed by atoms with Gasteiger partial charge in [-0.05, 0) is 49.6 Å². The first-order chi connectivity index (χ1) is 15.1. The van der Waals surface area contributed by atoms with Crippen molar-refractivity contribution in [2.75, 3.05) is 26.2 Å². The van der Waals surface area contributed by atoms with Gasteiger partial charge in [0, 0.05) is 36.8 Å². The van der Waals surface area contributed by atoms with Gasteiger partial charge < -0.3 is 10.1 Å². The van der Waals surface area contributed by atoms with Crippen molar-refractivity contribution in [3.63, 3.8) is 0 Å². The summed E-state index contributed by atoms with van der Waals surface area (Å²) >= 11 is 0. The van der Waals surface area contributed by atoms with E-state index in [-0.39, 0.29) is 10.8 Å². The molecule has 1 fully saturated rings. The highest BCUT2D eigenvalue weighted by atomic mass is 32.2. The second kappa shape index (κ2) is 9.45. The van der Waals surface area contributed by atoms with Crippen molar-refractivity contribution in [1.82, 2.24) is 14.6 Å². The van der Waals surface area contributed by atoms with Crippen molar-refractivity contribution >= 4 is 26.8 Å². The summed E-state index contributed by atoms with van der Waals surface area (Å²) in [6, 6.07) is 15.8. The van der Waals surface area contributed by atoms with Gasteiger partial charge in [0.25, 0.3) is 5.91 Å². The summed E-state index contributed by atoms with van der Waals surface area (Å²) in [5.74, 6) is 0.412. The molecule has 1 aliphatic rings. The molecule has 2 heterocycles. The number of hydrogen-bond acceptors (Lipinski definition) is 5. The number of aromatic nitrogens is 1. The minimum atomic E-state index is -3.55. The molecule has 31 heavy (non-hydrogen) atoms. The summed E-state index contributed by atoms with van der Waals surface area (Å²) in [7, 11) is -3.55. The van der Waals surface area contributed by atoms with Gasteiger partial charge in [-0.3, -0.25) is 9.78 Å². The van der Waals surface area contributed by atoms with Crippen LogP contribution in [0.15, 0.2) is 65.7 Å². The number of sulfonamides is 1. The Balaban J connectivity index is 1.30. The van der Waals surface area contributed by atoms with Crippen LogP contribution in [0.1, 0.15) is 29.6 Å². The molecule has 1 N–H and O–H groups in total. The molecule has 2 aromatic carbocycles. The number of benzene rings is 2. The summed E-state index contributed by atoms with van der Waals surface area (Å²) < 4.78 is 32.7. The average Bonchev–Trinajstić information content (AvgIpc) is 3.35. The normalized spacial score (nSPS) is 14.6. The number of para-hydroxylation sites is 1. The standard InChI is InChI=1S/C23H25N3O4S/c27-23(19-8-3-10-20(17-19)31(28,29)26-14-1-2-15-26)25-13-6-16-30-21-11-4-7-18-9-5-12-24-22(18)21/h3-5,7-12,17H,1-2,6,13-16H2,(H,25,27). The third-order valence-corrected chi connectivity index (χ3v) is 7.15. The van der Waals surface area contributed by atoms with Gasteiger partial charge in [0.2, 0.25) is 10.0 Å². The zero-order valence-corrected chi connectivity index (χ0v) is 18.0. The van der Waals surface area contributed by atoms with Gasteiger partial charge in [-0.1, -0.05) is 24.3 Å². The maximum absolute atomic E-state index is 12.7. The van der Waals surface area contributed by atoms with Crippen molar-refractivity contribution in [3.05, 3.63) is 66.4 Å². The molecule has 0 spiro atoms. The third kappa shape index (κ3) is 4.86. The zero-order chi connectivity index (χ0) is 21.7. The van der Waals surface area contributed by atoms with Crippen LogP contribution < -0.4 is 10.1 Å². The number of nitrogens with one attached hydrogen (secondary N) is 1. The number of rotatable bonds is 8. The average molecular weight is 440 g/mol. The van der Waals surface area contributed by atoms with Crippen molar-refractivity contribution in [2.24, 2.45) is 0 Å². The quantitative estimate of drug-likeness (QED) is 0.545. The number of carbonyl (C=O) groups is 1. The summed E-state index contributed by atoms with van der Waals surface area (Å²) in [4.78, 5) is 17.0. The number of hydrogen-bond donors (Lipinski definition) is 1. The van der Waals surface area contributed by atoms with Crippen molar-refractivity contribution in [1.29, 1.82) is 0 Å². The molecule has 7 nitrogen and oxygen atoms in total. The molecular formula is C23H25N3O4S. The highest BCUT2D eigenvalue weighted by molar-refractivity contribution is 7.89. The monoisotopic (exact) mass is 439 g/mol. The summed E-state index contributed by atoms with van der Waals surface area (Å²) in [6.45, 7) is 1.91. The van der Waals surface area contributed by atoms with Crippen LogP contribution in [0.3, 0.4) is 0 Å². The number of ether oxygens (including phenoxy) is 1. The summed E-state index contributed by atoms with van der Waals surface area (Å²) in [6.07, 6.45) is 4.08. The van der Waals surface area contributed by atoms with Crippen molar-refractivity contribution in [2.45, 2.75) is 24.2 Å². The second-order valence-electron chi connectivity index (χ2n) is 7.43. The Labute approximate surface area is 182 Å². The lowest BCUT2D eigenvalue weighted by Gasteiger charge is -2.16. The number of amides is 1. The van der Waals surface area contributed by atoms with Gasteiger partial charge in [-0.15, -0.1) is 0 Å². The Morgan fingerprint density at radius 3 is 2.68 bits per heavy atom. The number of carbonyl (C=O) groups excluding carboxylic acids is 1. The Morgan fingerprint density at radius 2 is 1.84 bits per heavy atom. The van der Waals surface area contributed by atoms with E-state index in [0.29, 0.717) is 44.0 Å². The first-order valence-corrected chi connectivity index (χ1v) is 11.8. The van der Waals surface area contributed by atoms with Crippen LogP contribution in [0, 0.1) is 0 Å². The molecule has 162 valence electrons. The summed E-state index contributed by atoms with van der Waals surface area (Å²) in [5.41, 5.74) is 1.14. The van der Waals surface area contributed by atoms with Crippen LogP contribution in [-0.2, 0) is 10.0 Å². The van der Waals surface area contributed by atoms with Gasteiger partial charge in [0.15, 0.2) is 0 Å². The first-order valence-electron chi connectivity index (χ1n) is 10.4. The van der Waals surface area contributed by atoms with E-state index in [0.717, 1.165) is 23.7 Å². The van der Waals surface area contributed by atoms with E-state index in [1.165, 1.54) is 16.4 Å². The van der Waals surface area contributed by atoms with Crippen LogP contribution >= 0.6 is 0 Å². The molecule has 0 unspecified atom stereocenters. The SMILES string of the molecule is O=C(NCCCOc1cccc2cccnc12)c1cccc(S(=O)(=O)N2CCCC2)c1. The van der Waals surface area contributed by atoms with Crippen molar-refractivity contribution < 1.29 is 17.9 Å². The maximum atomic E-state index is 12.7. The molecule has 1 amide bonds. The smallest absolute Gasteiger partial charge is 0.251 e. The highest BCUT2D eigenvalue weighted by Crippen LogP contribution is 2.23. The first kappa shape index (κ1) is 21.3. The predicted molar refractivity (Wildman–Crippen MR) is 119 cm³/mol. The van der Waals surface area contributed by atoms with Crippen LogP contribution in [0.4, 0.5) is 0 Å². The minimum absolute atomic E-state index is 0.161. The Kier molecular flexibility index (Phi) is 6.48. The minimum Gasteiger partial charge on any atom is -0.491 e. The molecule has 0 radical (unpaired) electrons. The van der Waals surface area contributed by atoms with Gasteiger partial charge >= 0.3 is 0 Å². The summed E-state index contributed by atoms with van der Waals surface area (Å²) in [5, 5.41) is 3.84. The molecule has 0 atom stereocenters. The largest absolute Gasteiger partial charge is 0.491 e. The number of nitrogens with zero attached hydrogens (tertiary/aromatic N) is 2. The fourth-order valence-electron chi connectivity index (χ4n) is 3.63. The molecule has 1 aromatic heterocycles. The van der Waals surface area contributed by atoms with Gasteiger partial charge in [0.05, 0.1) is 11.5 Å². The van der Waals surface area contributed by atoms with Gasteiger partial charge in [-0.25, -0.2) is 8.42 Å². The molecule has 8 heteroatoms. The lowest BCUT2D eigenvalue weighted by molar-refractivity contribution is 0.0951. The van der Waals surface area contributed by atoms with E-state index in [9.17, 15) is 13.2 Å². The second-order valence-corrected chi connectivity index (χ2v) is 9.37. The Bertz CT molecular complexity index is 1170. The number of fused-ring (bicyclic) bond motifs is 1. The van der Waals surface area contributed by atoms with E-state index in [4.69, 9.17) is 4.74 Å². The van der Waals surface area contributed by atoms with E-state index >= 15 is 0 Å². The molecule has 1 saturated heterocycles. The number of pyridine rings is 1. The molecule has 0 aliphatic carbocycles. The molecule has 1 aliphatic heterocycles. The molecule has 3 aromatic rings. The van der Waals surface area contributed by atoms with Crippen LogP contribution in [0.2, 0.25) is 0 Å². The molecule has 0 bridgehead atoms. The zero-order valence-electron chi connectivity index (χ0n) is 17.2. The van der Waals surface area contributed by atoms with E-state index in [1.807, 2.05) is 30.3 Å². The molecular weight excluding hydrogens is 414 g/mol. The van der Waals surface area contributed by atoms with Gasteiger partial charge in [0.1, 0.15) is 11.3 Å². The van der Waals surface area contributed by atoms with E-state index < -0.39 is 10.0 Å². The molecule has 4 rings (SSSR count). The van der Waals surface area contributed by atoms with E-state index in [1.54, 1.807) is 18.3 Å². The van der Waals surface area contributed by atoms with E-state index in [2.05, 4.69) is 10.3 Å². The maximum Gasteiger partial charge on any atom is 0.251 e.